The Labute approximate surface area is 125 Å². The van der Waals surface area contributed by atoms with Crippen LogP contribution in [0.25, 0.3) is 0 Å². The highest BCUT2D eigenvalue weighted by Crippen LogP contribution is 2.30. The fraction of sp³-hybridized carbons (Fsp3) is 0.214. The molecule has 1 aliphatic heterocycles. The van der Waals surface area contributed by atoms with E-state index in [0.717, 1.165) is 33.8 Å². The summed E-state index contributed by atoms with van der Waals surface area (Å²) in [4.78, 5) is 5.39. The molecule has 19 heavy (non-hydrogen) atoms. The highest BCUT2D eigenvalue weighted by atomic mass is 79.9. The molecule has 2 aromatic rings. The van der Waals surface area contributed by atoms with Crippen molar-refractivity contribution in [3.63, 3.8) is 0 Å². The van der Waals surface area contributed by atoms with Gasteiger partial charge in [0.05, 0.1) is 4.47 Å². The Hall–Kier alpha value is -1.26. The zero-order chi connectivity index (χ0) is 13.4. The average molecular weight is 341 g/mol. The van der Waals surface area contributed by atoms with Crippen LogP contribution in [0.4, 0.5) is 11.5 Å². The first kappa shape index (κ1) is 12.8. The number of nitrogens with one attached hydrogen (secondary N) is 1. The van der Waals surface area contributed by atoms with E-state index in [-0.39, 0.29) is 0 Å². The molecule has 1 aliphatic rings. The maximum Gasteiger partial charge on any atom is 0.322 e. The van der Waals surface area contributed by atoms with Gasteiger partial charge in [-0.3, -0.25) is 0 Å². The predicted molar refractivity (Wildman–Crippen MR) is 79.0 cm³/mol. The van der Waals surface area contributed by atoms with Crippen molar-refractivity contribution in [2.45, 2.75) is 12.8 Å². The Morgan fingerprint density at radius 1 is 1.26 bits per heavy atom. The van der Waals surface area contributed by atoms with Crippen LogP contribution in [0, 0.1) is 0 Å². The van der Waals surface area contributed by atoms with Gasteiger partial charge >= 0.3 is 5.82 Å². The summed E-state index contributed by atoms with van der Waals surface area (Å²) in [5, 5.41) is 4.21. The van der Waals surface area contributed by atoms with Crippen LogP contribution in [0.15, 0.2) is 34.9 Å². The lowest BCUT2D eigenvalue weighted by molar-refractivity contribution is -0.874. The number of anilines is 2. The Bertz CT molecular complexity index is 646. The third kappa shape index (κ3) is 2.42. The summed E-state index contributed by atoms with van der Waals surface area (Å²) in [7, 11) is 1.65. The van der Waals surface area contributed by atoms with Crippen LogP contribution >= 0.6 is 27.5 Å². The van der Waals surface area contributed by atoms with Gasteiger partial charge in [-0.1, -0.05) is 11.6 Å². The first-order valence-electron chi connectivity index (χ1n) is 6.01. The number of aryl methyl sites for hydroxylation is 2. The van der Waals surface area contributed by atoms with Crippen LogP contribution < -0.4 is 14.9 Å². The Morgan fingerprint density at radius 3 is 2.84 bits per heavy atom. The molecule has 1 aromatic carbocycles. The van der Waals surface area contributed by atoms with Gasteiger partial charge in [0.25, 0.3) is 0 Å². The van der Waals surface area contributed by atoms with Gasteiger partial charge in [-0.15, -0.1) is 0 Å². The topological polar surface area (TPSA) is 25.1 Å². The predicted octanol–water partition coefficient (Wildman–Crippen LogP) is 3.29. The van der Waals surface area contributed by atoms with Crippen LogP contribution in [0.1, 0.15) is 11.1 Å². The molecule has 3 nitrogen and oxygen atoms in total. The van der Waals surface area contributed by atoms with Crippen molar-refractivity contribution in [3.8, 4) is 0 Å². The van der Waals surface area contributed by atoms with E-state index < -0.39 is 0 Å². The standard InChI is InChI=1S/C14H12BrClN2O/c1-19-18-8-11(15)6-10-3-2-9-7-12(16)4-5-13(9)17-14(10)18/h4-8H,2-3H2,1H3/p+1. The second-order valence-corrected chi connectivity index (χ2v) is 5.82. The Morgan fingerprint density at radius 2 is 2.05 bits per heavy atom. The van der Waals surface area contributed by atoms with Crippen molar-refractivity contribution in [2.75, 3.05) is 12.4 Å². The number of pyridine rings is 1. The minimum absolute atomic E-state index is 0.771. The lowest BCUT2D eigenvalue weighted by atomic mass is 10.1. The molecule has 2 heterocycles. The average Bonchev–Trinajstić information content (AvgIpc) is 2.57. The normalized spacial score (nSPS) is 13.0. The summed E-state index contributed by atoms with van der Waals surface area (Å²) in [5.74, 6) is 0.965. The zero-order valence-electron chi connectivity index (χ0n) is 10.4. The highest BCUT2D eigenvalue weighted by molar-refractivity contribution is 9.10. The van der Waals surface area contributed by atoms with Crippen LogP contribution in [-0.4, -0.2) is 7.11 Å². The number of hydrogen-bond donors (Lipinski definition) is 1. The van der Waals surface area contributed by atoms with Gasteiger partial charge in [-0.25, -0.2) is 5.32 Å². The lowest BCUT2D eigenvalue weighted by Crippen LogP contribution is -2.43. The molecule has 0 unspecified atom stereocenters. The number of nitrogens with zero attached hydrogens (tertiary/aromatic N) is 1. The SMILES string of the molecule is CO[n+]1cc(Br)cc2c1Nc1ccc(Cl)cc1CC2. The molecule has 0 atom stereocenters. The first-order valence-corrected chi connectivity index (χ1v) is 7.18. The summed E-state index contributed by atoms with van der Waals surface area (Å²) >= 11 is 9.56. The lowest BCUT2D eigenvalue weighted by Gasteiger charge is -2.07. The minimum Gasteiger partial charge on any atom is -0.339 e. The van der Waals surface area contributed by atoms with Gasteiger partial charge in [0.15, 0.2) is 6.20 Å². The molecule has 0 fully saturated rings. The summed E-state index contributed by atoms with van der Waals surface area (Å²) in [6.07, 6.45) is 3.79. The third-order valence-electron chi connectivity index (χ3n) is 3.26. The van der Waals surface area contributed by atoms with E-state index in [4.69, 9.17) is 16.4 Å². The third-order valence-corrected chi connectivity index (χ3v) is 3.93. The van der Waals surface area contributed by atoms with Crippen molar-refractivity contribution < 1.29 is 9.57 Å². The molecule has 1 N–H and O–H groups in total. The fourth-order valence-electron chi connectivity index (χ4n) is 2.35. The molecule has 5 heteroatoms. The van der Waals surface area contributed by atoms with Crippen LogP contribution in [0.3, 0.4) is 0 Å². The zero-order valence-corrected chi connectivity index (χ0v) is 12.8. The van der Waals surface area contributed by atoms with Gasteiger partial charge in [0.2, 0.25) is 0 Å². The van der Waals surface area contributed by atoms with Crippen molar-refractivity contribution in [3.05, 3.63) is 51.1 Å². The number of hydrogen-bond acceptors (Lipinski definition) is 2. The molecule has 3 rings (SSSR count). The van der Waals surface area contributed by atoms with E-state index in [2.05, 4.69) is 27.3 Å². The number of fused-ring (bicyclic) bond motifs is 2. The van der Waals surface area contributed by atoms with E-state index in [9.17, 15) is 0 Å². The summed E-state index contributed by atoms with van der Waals surface area (Å²) in [6, 6.07) is 8.04. The van der Waals surface area contributed by atoms with Gasteiger partial charge in [-0.2, -0.15) is 0 Å². The molecule has 0 saturated carbocycles. The Balaban J connectivity index is 2.12. The second-order valence-electron chi connectivity index (χ2n) is 4.47. The van der Waals surface area contributed by atoms with Crippen molar-refractivity contribution in [1.29, 1.82) is 0 Å². The van der Waals surface area contributed by atoms with Crippen molar-refractivity contribution in [2.24, 2.45) is 0 Å². The monoisotopic (exact) mass is 339 g/mol. The summed E-state index contributed by atoms with van der Waals surface area (Å²) in [6.45, 7) is 0. The van der Waals surface area contributed by atoms with Gasteiger partial charge in [0, 0.05) is 16.1 Å². The van der Waals surface area contributed by atoms with E-state index in [1.807, 2.05) is 24.4 Å². The molecule has 0 aliphatic carbocycles. The van der Waals surface area contributed by atoms with E-state index >= 15 is 0 Å². The highest BCUT2D eigenvalue weighted by Gasteiger charge is 2.23. The smallest absolute Gasteiger partial charge is 0.322 e. The molecule has 0 bridgehead atoms. The summed E-state index contributed by atoms with van der Waals surface area (Å²) < 4.78 is 2.74. The number of aromatic nitrogens is 1. The van der Waals surface area contributed by atoms with Crippen LogP contribution in [0.2, 0.25) is 5.02 Å². The van der Waals surface area contributed by atoms with Gasteiger partial charge < -0.3 is 4.84 Å². The van der Waals surface area contributed by atoms with Crippen LogP contribution in [0.5, 0.6) is 0 Å². The number of rotatable bonds is 1. The van der Waals surface area contributed by atoms with E-state index in [0.29, 0.717) is 0 Å². The second kappa shape index (κ2) is 5.02. The Kier molecular flexibility index (Phi) is 3.37. The van der Waals surface area contributed by atoms with E-state index in [1.54, 1.807) is 11.8 Å². The van der Waals surface area contributed by atoms with Crippen LogP contribution in [-0.2, 0) is 12.8 Å². The maximum atomic E-state index is 6.06. The molecule has 98 valence electrons. The van der Waals surface area contributed by atoms with Gasteiger partial charge in [0.1, 0.15) is 12.8 Å². The molecule has 0 amide bonds. The largest absolute Gasteiger partial charge is 0.339 e. The van der Waals surface area contributed by atoms with Crippen molar-refractivity contribution >= 4 is 39.0 Å². The molecule has 1 aromatic heterocycles. The molecular formula is C14H13BrClN2O+. The first-order chi connectivity index (χ1) is 9.17. The van der Waals surface area contributed by atoms with Gasteiger partial charge in [-0.05, 0) is 57.8 Å². The number of halogens is 2. The van der Waals surface area contributed by atoms with Crippen molar-refractivity contribution in [1.82, 2.24) is 0 Å². The molecule has 0 radical (unpaired) electrons. The van der Waals surface area contributed by atoms with E-state index in [1.165, 1.54) is 11.1 Å². The fourth-order valence-corrected chi connectivity index (χ4v) is 3.01. The minimum atomic E-state index is 0.771. The maximum absolute atomic E-state index is 6.06. The number of benzene rings is 1. The molecule has 0 spiro atoms. The quantitative estimate of drug-likeness (QED) is 0.806. The molecular weight excluding hydrogens is 328 g/mol. The summed E-state index contributed by atoms with van der Waals surface area (Å²) in [5.41, 5.74) is 3.52. The molecule has 0 saturated heterocycles.